The highest BCUT2D eigenvalue weighted by Gasteiger charge is 2.16. The van der Waals surface area contributed by atoms with E-state index in [2.05, 4.69) is 20.9 Å². The number of hydrogen-bond acceptors (Lipinski definition) is 2. The van der Waals surface area contributed by atoms with E-state index in [1.165, 1.54) is 6.26 Å². The Morgan fingerprint density at radius 2 is 2.18 bits per heavy atom. The van der Waals surface area contributed by atoms with Gasteiger partial charge in [-0.15, -0.1) is 0 Å². The molecule has 0 saturated heterocycles. The van der Waals surface area contributed by atoms with Crippen LogP contribution in [0.1, 0.15) is 16.1 Å². The van der Waals surface area contributed by atoms with Crippen molar-refractivity contribution in [2.45, 2.75) is 0 Å². The number of halogens is 1. The minimum Gasteiger partial charge on any atom is -0.461 e. The standard InChI is InChI=1S/C13H8BrNO2/c14-8-3-4-9-10(7-15-11(9)6-8)13(16)12-2-1-5-17-12/h1-7,15H. The van der Waals surface area contributed by atoms with Crippen LogP contribution in [-0.2, 0) is 0 Å². The molecule has 1 aromatic carbocycles. The largest absolute Gasteiger partial charge is 0.461 e. The van der Waals surface area contributed by atoms with Crippen molar-refractivity contribution in [1.82, 2.24) is 4.98 Å². The lowest BCUT2D eigenvalue weighted by Crippen LogP contribution is -1.97. The van der Waals surface area contributed by atoms with E-state index in [4.69, 9.17) is 4.42 Å². The minimum atomic E-state index is -0.108. The lowest BCUT2D eigenvalue weighted by molar-refractivity contribution is 0.101. The second-order valence-electron chi connectivity index (χ2n) is 3.70. The zero-order valence-corrected chi connectivity index (χ0v) is 10.3. The zero-order valence-electron chi connectivity index (χ0n) is 8.74. The average molecular weight is 290 g/mol. The summed E-state index contributed by atoms with van der Waals surface area (Å²) >= 11 is 3.39. The SMILES string of the molecule is O=C(c1ccco1)c1c[nH]c2cc(Br)ccc12. The lowest BCUT2D eigenvalue weighted by atomic mass is 10.1. The van der Waals surface area contributed by atoms with E-state index in [9.17, 15) is 4.79 Å². The van der Waals surface area contributed by atoms with E-state index < -0.39 is 0 Å². The topological polar surface area (TPSA) is 46.0 Å². The molecule has 0 aliphatic carbocycles. The number of rotatable bonds is 2. The fourth-order valence-electron chi connectivity index (χ4n) is 1.83. The van der Waals surface area contributed by atoms with Gasteiger partial charge in [0.25, 0.3) is 0 Å². The van der Waals surface area contributed by atoms with Gasteiger partial charge in [-0.2, -0.15) is 0 Å². The molecule has 0 amide bonds. The first kappa shape index (κ1) is 10.4. The van der Waals surface area contributed by atoms with Crippen molar-refractivity contribution in [3.63, 3.8) is 0 Å². The van der Waals surface area contributed by atoms with Crippen molar-refractivity contribution in [1.29, 1.82) is 0 Å². The number of hydrogen-bond donors (Lipinski definition) is 1. The highest BCUT2D eigenvalue weighted by atomic mass is 79.9. The fraction of sp³-hybridized carbons (Fsp3) is 0. The van der Waals surface area contributed by atoms with Crippen molar-refractivity contribution >= 4 is 32.6 Å². The number of carbonyl (C=O) groups is 1. The predicted molar refractivity (Wildman–Crippen MR) is 68.1 cm³/mol. The van der Waals surface area contributed by atoms with E-state index in [1.807, 2.05) is 18.2 Å². The van der Waals surface area contributed by atoms with Gasteiger partial charge in [0.2, 0.25) is 5.78 Å². The summed E-state index contributed by atoms with van der Waals surface area (Å²) in [5.41, 5.74) is 1.55. The van der Waals surface area contributed by atoms with E-state index in [1.54, 1.807) is 18.3 Å². The fourth-order valence-corrected chi connectivity index (χ4v) is 2.19. The molecule has 4 heteroatoms. The summed E-state index contributed by atoms with van der Waals surface area (Å²) in [5.74, 6) is 0.248. The van der Waals surface area contributed by atoms with Crippen LogP contribution in [0.2, 0.25) is 0 Å². The monoisotopic (exact) mass is 289 g/mol. The number of carbonyl (C=O) groups excluding carboxylic acids is 1. The van der Waals surface area contributed by atoms with Gasteiger partial charge in [0.1, 0.15) is 0 Å². The zero-order chi connectivity index (χ0) is 11.8. The normalized spacial score (nSPS) is 10.9. The highest BCUT2D eigenvalue weighted by molar-refractivity contribution is 9.10. The van der Waals surface area contributed by atoms with Crippen molar-refractivity contribution in [3.05, 3.63) is 58.6 Å². The number of aromatic nitrogens is 1. The highest BCUT2D eigenvalue weighted by Crippen LogP contribution is 2.24. The predicted octanol–water partition coefficient (Wildman–Crippen LogP) is 3.75. The van der Waals surface area contributed by atoms with Crippen molar-refractivity contribution < 1.29 is 9.21 Å². The third-order valence-electron chi connectivity index (χ3n) is 2.63. The molecule has 0 radical (unpaired) electrons. The molecule has 2 heterocycles. The molecule has 1 N–H and O–H groups in total. The van der Waals surface area contributed by atoms with Gasteiger partial charge in [-0.3, -0.25) is 4.79 Å². The van der Waals surface area contributed by atoms with Gasteiger partial charge < -0.3 is 9.40 Å². The Morgan fingerprint density at radius 3 is 2.94 bits per heavy atom. The summed E-state index contributed by atoms with van der Waals surface area (Å²) in [4.78, 5) is 15.2. The van der Waals surface area contributed by atoms with Crippen molar-refractivity contribution in [3.8, 4) is 0 Å². The average Bonchev–Trinajstić information content (AvgIpc) is 2.96. The molecule has 17 heavy (non-hydrogen) atoms. The second kappa shape index (κ2) is 3.89. The molecule has 3 aromatic rings. The molecule has 0 bridgehead atoms. The first-order valence-corrected chi connectivity index (χ1v) is 5.90. The molecule has 0 saturated carbocycles. The number of ketones is 1. The molecular formula is C13H8BrNO2. The maximum absolute atomic E-state index is 12.1. The molecule has 0 aliphatic rings. The number of nitrogens with one attached hydrogen (secondary N) is 1. The number of benzene rings is 1. The minimum absolute atomic E-state index is 0.108. The quantitative estimate of drug-likeness (QED) is 0.730. The first-order chi connectivity index (χ1) is 8.25. The number of aromatic amines is 1. The van der Waals surface area contributed by atoms with Crippen LogP contribution in [0.15, 0.2) is 51.7 Å². The number of fused-ring (bicyclic) bond motifs is 1. The maximum atomic E-state index is 12.1. The number of H-pyrrole nitrogens is 1. The Morgan fingerprint density at radius 1 is 1.29 bits per heavy atom. The van der Waals surface area contributed by atoms with Crippen LogP contribution < -0.4 is 0 Å². The number of furan rings is 1. The van der Waals surface area contributed by atoms with Crippen molar-refractivity contribution in [2.24, 2.45) is 0 Å². The van der Waals surface area contributed by atoms with E-state index in [0.717, 1.165) is 15.4 Å². The third-order valence-corrected chi connectivity index (χ3v) is 3.13. The molecule has 2 aromatic heterocycles. The summed E-state index contributed by atoms with van der Waals surface area (Å²) in [6, 6.07) is 9.13. The Balaban J connectivity index is 2.15. The maximum Gasteiger partial charge on any atom is 0.230 e. The van der Waals surface area contributed by atoms with Gasteiger partial charge in [-0.25, -0.2) is 0 Å². The van der Waals surface area contributed by atoms with Crippen LogP contribution in [0.5, 0.6) is 0 Å². The molecule has 3 nitrogen and oxygen atoms in total. The molecule has 3 rings (SSSR count). The summed E-state index contributed by atoms with van der Waals surface area (Å²) in [5, 5.41) is 0.898. The summed E-state index contributed by atoms with van der Waals surface area (Å²) < 4.78 is 6.09. The van der Waals surface area contributed by atoms with Crippen LogP contribution in [0.3, 0.4) is 0 Å². The molecule has 84 valence electrons. The van der Waals surface area contributed by atoms with E-state index >= 15 is 0 Å². The van der Waals surface area contributed by atoms with Crippen LogP contribution in [0, 0.1) is 0 Å². The van der Waals surface area contributed by atoms with Gasteiger partial charge in [0.05, 0.1) is 11.8 Å². The summed E-state index contributed by atoms with van der Waals surface area (Å²) in [6.45, 7) is 0. The first-order valence-electron chi connectivity index (χ1n) is 5.10. The Hall–Kier alpha value is -1.81. The summed E-state index contributed by atoms with van der Waals surface area (Å²) in [6.07, 6.45) is 3.21. The van der Waals surface area contributed by atoms with Crippen LogP contribution in [0.4, 0.5) is 0 Å². The van der Waals surface area contributed by atoms with Gasteiger partial charge in [-0.05, 0) is 24.3 Å². The van der Waals surface area contributed by atoms with Gasteiger partial charge in [0.15, 0.2) is 5.76 Å². The van der Waals surface area contributed by atoms with Crippen molar-refractivity contribution in [2.75, 3.05) is 0 Å². The third kappa shape index (κ3) is 1.70. The molecule has 0 fully saturated rings. The molecular weight excluding hydrogens is 282 g/mol. The smallest absolute Gasteiger partial charge is 0.230 e. The van der Waals surface area contributed by atoms with E-state index in [0.29, 0.717) is 11.3 Å². The molecule has 0 unspecified atom stereocenters. The molecule has 0 spiro atoms. The Kier molecular flexibility index (Phi) is 2.37. The van der Waals surface area contributed by atoms with Gasteiger partial charge >= 0.3 is 0 Å². The molecule has 0 aliphatic heterocycles. The Bertz CT molecular complexity index is 683. The van der Waals surface area contributed by atoms with Gasteiger partial charge in [-0.1, -0.05) is 22.0 Å². The summed E-state index contributed by atoms with van der Waals surface area (Å²) in [7, 11) is 0. The van der Waals surface area contributed by atoms with Crippen LogP contribution in [0.25, 0.3) is 10.9 Å². The lowest BCUT2D eigenvalue weighted by Gasteiger charge is -1.96. The second-order valence-corrected chi connectivity index (χ2v) is 4.61. The Labute approximate surface area is 106 Å². The van der Waals surface area contributed by atoms with Gasteiger partial charge in [0, 0.05) is 21.6 Å². The molecule has 0 atom stereocenters. The van der Waals surface area contributed by atoms with Crippen LogP contribution in [-0.4, -0.2) is 10.8 Å². The van der Waals surface area contributed by atoms with Crippen LogP contribution >= 0.6 is 15.9 Å². The van der Waals surface area contributed by atoms with E-state index in [-0.39, 0.29) is 5.78 Å².